The van der Waals surface area contributed by atoms with Gasteiger partial charge in [-0.15, -0.1) is 0 Å². The highest BCUT2D eigenvalue weighted by molar-refractivity contribution is 6.10. The summed E-state index contributed by atoms with van der Waals surface area (Å²) in [6, 6.07) is 68.5. The van der Waals surface area contributed by atoms with Crippen LogP contribution in [0.5, 0.6) is 0 Å². The molecule has 0 saturated heterocycles. The number of furan rings is 1. The van der Waals surface area contributed by atoms with E-state index in [-0.39, 0.29) is 0 Å². The highest BCUT2D eigenvalue weighted by Gasteiger charge is 2.19. The third kappa shape index (κ3) is 5.34. The molecule has 55 heavy (non-hydrogen) atoms. The van der Waals surface area contributed by atoms with Gasteiger partial charge in [0, 0.05) is 39.3 Å². The van der Waals surface area contributed by atoms with Gasteiger partial charge in [-0.3, -0.25) is 0 Å². The van der Waals surface area contributed by atoms with Crippen LogP contribution in [-0.2, 0) is 0 Å². The monoisotopic (exact) mass is 704 g/mol. The van der Waals surface area contributed by atoms with Crippen LogP contribution < -0.4 is 4.90 Å². The van der Waals surface area contributed by atoms with Gasteiger partial charge in [0.1, 0.15) is 16.7 Å². The molecule has 11 rings (SSSR count). The fourth-order valence-corrected chi connectivity index (χ4v) is 7.98. The summed E-state index contributed by atoms with van der Waals surface area (Å²) in [6.07, 6.45) is 0. The van der Waals surface area contributed by atoms with E-state index < -0.39 is 0 Å². The summed E-state index contributed by atoms with van der Waals surface area (Å²) in [6.45, 7) is 0. The first-order valence-electron chi connectivity index (χ1n) is 18.5. The molecule has 9 aromatic carbocycles. The normalized spacial score (nSPS) is 11.6. The summed E-state index contributed by atoms with van der Waals surface area (Å²) in [5.41, 5.74) is 11.9. The van der Waals surface area contributed by atoms with Crippen LogP contribution in [0.4, 0.5) is 17.1 Å². The molecule has 0 aliphatic rings. The second-order valence-electron chi connectivity index (χ2n) is 14.0. The van der Waals surface area contributed by atoms with Crippen molar-refractivity contribution in [3.05, 3.63) is 194 Å². The molecule has 0 amide bonds. The third-order valence-corrected chi connectivity index (χ3v) is 10.7. The minimum atomic E-state index is 0.603. The number of nitrogens with zero attached hydrogens (tertiary/aromatic N) is 2. The van der Waals surface area contributed by atoms with Gasteiger partial charge in [0.15, 0.2) is 5.58 Å². The number of para-hydroxylation sites is 1. The first-order chi connectivity index (χ1) is 27.2. The van der Waals surface area contributed by atoms with Crippen LogP contribution in [0.2, 0.25) is 0 Å². The van der Waals surface area contributed by atoms with Crippen molar-refractivity contribution in [1.82, 2.24) is 4.98 Å². The molecule has 0 fully saturated rings. The maximum absolute atomic E-state index is 6.32. The zero-order valence-corrected chi connectivity index (χ0v) is 29.7. The van der Waals surface area contributed by atoms with E-state index in [1.165, 1.54) is 32.7 Å². The summed E-state index contributed by atoms with van der Waals surface area (Å²) in [5.74, 6) is 0.603. The lowest BCUT2D eigenvalue weighted by Crippen LogP contribution is -2.11. The van der Waals surface area contributed by atoms with E-state index in [1.807, 2.05) is 36.4 Å². The molecule has 0 atom stereocenters. The number of fused-ring (bicyclic) bond motifs is 7. The molecule has 0 unspecified atom stereocenters. The van der Waals surface area contributed by atoms with Gasteiger partial charge >= 0.3 is 0 Å². The number of benzene rings is 9. The highest BCUT2D eigenvalue weighted by Crippen LogP contribution is 2.43. The highest BCUT2D eigenvalue weighted by atomic mass is 16.4. The van der Waals surface area contributed by atoms with Crippen LogP contribution >= 0.6 is 0 Å². The first-order valence-corrected chi connectivity index (χ1v) is 18.5. The van der Waals surface area contributed by atoms with E-state index >= 15 is 0 Å². The largest absolute Gasteiger partial charge is 0.456 e. The van der Waals surface area contributed by atoms with Crippen molar-refractivity contribution in [2.45, 2.75) is 0 Å². The molecule has 11 aromatic rings. The molecule has 4 nitrogen and oxygen atoms in total. The van der Waals surface area contributed by atoms with Gasteiger partial charge < -0.3 is 13.7 Å². The Balaban J connectivity index is 1.01. The second-order valence-corrected chi connectivity index (χ2v) is 14.0. The van der Waals surface area contributed by atoms with Crippen molar-refractivity contribution in [3.63, 3.8) is 0 Å². The zero-order chi connectivity index (χ0) is 36.3. The SMILES string of the molecule is c1ccc(-c2nc3cc4c(cc3o2)oc2ccc(-c3ccc(N(c5ccc6c(ccc7ccccc76)c5)c5ccccc5-c5ccccc5)cc3)cc24)cc1. The third-order valence-electron chi connectivity index (χ3n) is 10.7. The number of rotatable bonds is 6. The summed E-state index contributed by atoms with van der Waals surface area (Å²) in [5, 5.41) is 7.02. The van der Waals surface area contributed by atoms with Crippen molar-refractivity contribution >= 4 is 71.6 Å². The van der Waals surface area contributed by atoms with Crippen molar-refractivity contribution in [2.24, 2.45) is 0 Å². The summed E-state index contributed by atoms with van der Waals surface area (Å²) < 4.78 is 12.5. The number of aromatic nitrogens is 1. The lowest BCUT2D eigenvalue weighted by Gasteiger charge is -2.28. The molecule has 0 radical (unpaired) electrons. The van der Waals surface area contributed by atoms with Crippen LogP contribution in [0, 0.1) is 0 Å². The lowest BCUT2D eigenvalue weighted by molar-refractivity contribution is 0.617. The fraction of sp³-hybridized carbons (Fsp3) is 0. The topological polar surface area (TPSA) is 42.4 Å². The van der Waals surface area contributed by atoms with Crippen molar-refractivity contribution in [3.8, 4) is 33.7 Å². The standard InChI is InChI=1S/C51H32N2O2/c1-3-11-34(12-4-1)43-17-9-10-18-47(43)53(40-26-27-42-38(29-40)20-19-35-13-7-8-16-41(35)42)39-24-21-33(22-25-39)37-23-28-48-44(30-37)45-31-46-50(32-49(45)54-48)55-51(52-46)36-14-5-2-6-15-36/h1-32H. The Kier molecular flexibility index (Phi) is 7.14. The molecule has 0 spiro atoms. The molecule has 2 heterocycles. The quantitative estimate of drug-likeness (QED) is 0.162. The van der Waals surface area contributed by atoms with Gasteiger partial charge in [-0.2, -0.15) is 0 Å². The van der Waals surface area contributed by atoms with Crippen LogP contribution in [-0.4, -0.2) is 4.98 Å². The van der Waals surface area contributed by atoms with Gasteiger partial charge in [0.25, 0.3) is 0 Å². The van der Waals surface area contributed by atoms with Gasteiger partial charge in [0.05, 0.1) is 5.69 Å². The maximum Gasteiger partial charge on any atom is 0.227 e. The molecule has 0 saturated carbocycles. The first kappa shape index (κ1) is 31.1. The van der Waals surface area contributed by atoms with Gasteiger partial charge in [-0.05, 0) is 98.9 Å². The predicted octanol–water partition coefficient (Wildman–Crippen LogP) is 14.5. The molecule has 0 bridgehead atoms. The van der Waals surface area contributed by atoms with E-state index in [0.717, 1.165) is 61.2 Å². The zero-order valence-electron chi connectivity index (χ0n) is 29.7. The smallest absolute Gasteiger partial charge is 0.227 e. The summed E-state index contributed by atoms with van der Waals surface area (Å²) in [7, 11) is 0. The second kappa shape index (κ2) is 12.6. The Morgan fingerprint density at radius 3 is 1.89 bits per heavy atom. The molecule has 0 aliphatic heterocycles. The Morgan fingerprint density at radius 2 is 1.04 bits per heavy atom. The molecular weight excluding hydrogens is 673 g/mol. The Bertz CT molecular complexity index is 3200. The molecule has 2 aromatic heterocycles. The molecular formula is C51H32N2O2. The van der Waals surface area contributed by atoms with Gasteiger partial charge in [-0.1, -0.05) is 127 Å². The number of hydrogen-bond acceptors (Lipinski definition) is 4. The maximum atomic E-state index is 6.32. The minimum absolute atomic E-state index is 0.603. The van der Waals surface area contributed by atoms with E-state index in [4.69, 9.17) is 13.8 Å². The summed E-state index contributed by atoms with van der Waals surface area (Å²) >= 11 is 0. The molecule has 0 N–H and O–H groups in total. The number of anilines is 3. The van der Waals surface area contributed by atoms with Gasteiger partial charge in [0.2, 0.25) is 5.89 Å². The van der Waals surface area contributed by atoms with Crippen molar-refractivity contribution in [2.75, 3.05) is 4.90 Å². The van der Waals surface area contributed by atoms with E-state index in [1.54, 1.807) is 0 Å². The van der Waals surface area contributed by atoms with E-state index in [2.05, 4.69) is 163 Å². The lowest BCUT2D eigenvalue weighted by atomic mass is 9.99. The average Bonchev–Trinajstić information content (AvgIpc) is 3.84. The Hall–Kier alpha value is -7.43. The molecule has 258 valence electrons. The Labute approximate surface area is 317 Å². The predicted molar refractivity (Wildman–Crippen MR) is 227 cm³/mol. The van der Waals surface area contributed by atoms with Crippen molar-refractivity contribution < 1.29 is 8.83 Å². The van der Waals surface area contributed by atoms with Crippen LogP contribution in [0.1, 0.15) is 0 Å². The van der Waals surface area contributed by atoms with Crippen LogP contribution in [0.15, 0.2) is 203 Å². The molecule has 0 aliphatic carbocycles. The number of oxazole rings is 1. The Morgan fingerprint density at radius 1 is 0.364 bits per heavy atom. The minimum Gasteiger partial charge on any atom is -0.456 e. The van der Waals surface area contributed by atoms with Crippen LogP contribution in [0.25, 0.3) is 88.3 Å². The van der Waals surface area contributed by atoms with Gasteiger partial charge in [-0.25, -0.2) is 4.98 Å². The van der Waals surface area contributed by atoms with E-state index in [0.29, 0.717) is 11.5 Å². The van der Waals surface area contributed by atoms with E-state index in [9.17, 15) is 0 Å². The van der Waals surface area contributed by atoms with Crippen LogP contribution in [0.3, 0.4) is 0 Å². The molecule has 4 heteroatoms. The fourth-order valence-electron chi connectivity index (χ4n) is 7.98. The number of hydrogen-bond donors (Lipinski definition) is 0. The summed E-state index contributed by atoms with van der Waals surface area (Å²) in [4.78, 5) is 7.19. The van der Waals surface area contributed by atoms with Crippen molar-refractivity contribution in [1.29, 1.82) is 0 Å². The average molecular weight is 705 g/mol.